The van der Waals surface area contributed by atoms with Gasteiger partial charge in [0.05, 0.1) is 31.3 Å². The summed E-state index contributed by atoms with van der Waals surface area (Å²) in [5.41, 5.74) is 3.10. The molecule has 0 aromatic heterocycles. The third kappa shape index (κ3) is 1.97. The van der Waals surface area contributed by atoms with Gasteiger partial charge in [-0.15, -0.1) is 0 Å². The first-order valence-electron chi connectivity index (χ1n) is 8.15. The highest BCUT2D eigenvalue weighted by molar-refractivity contribution is 5.94. The average molecular weight is 313 g/mol. The first-order valence-corrected chi connectivity index (χ1v) is 8.15. The Morgan fingerprint density at radius 3 is 2.70 bits per heavy atom. The fraction of sp³-hybridized carbons (Fsp3) is 0.526. The summed E-state index contributed by atoms with van der Waals surface area (Å²) in [4.78, 5) is 4.90. The summed E-state index contributed by atoms with van der Waals surface area (Å²) in [6.07, 6.45) is 0. The minimum atomic E-state index is -0.307. The molecule has 0 amide bonds. The van der Waals surface area contributed by atoms with E-state index in [1.54, 1.807) is 7.11 Å². The molecular weight excluding hydrogens is 290 g/mol. The van der Waals surface area contributed by atoms with Crippen molar-refractivity contribution >= 4 is 11.7 Å². The molecule has 23 heavy (non-hydrogen) atoms. The van der Waals surface area contributed by atoms with Crippen molar-refractivity contribution in [2.24, 2.45) is 10.9 Å². The van der Waals surface area contributed by atoms with Crippen molar-refractivity contribution in [1.29, 1.82) is 0 Å². The van der Waals surface area contributed by atoms with Crippen molar-refractivity contribution in [2.45, 2.75) is 31.7 Å². The normalized spacial score (nSPS) is 31.3. The summed E-state index contributed by atoms with van der Waals surface area (Å²) in [7, 11) is 1.74. The third-order valence-electron chi connectivity index (χ3n) is 5.30. The van der Waals surface area contributed by atoms with E-state index in [1.807, 2.05) is 0 Å². The molecule has 3 aliphatic rings. The quantitative estimate of drug-likeness (QED) is 0.842. The van der Waals surface area contributed by atoms with Crippen molar-refractivity contribution in [1.82, 2.24) is 0 Å². The Balaban J connectivity index is 1.96. The molecule has 1 aromatic rings. The molecule has 4 rings (SSSR count). The standard InChI is InChI=1S/C19H23NO3/c1-18(2)11-23-17(20-18)19(3)14-8-6-5-7-12(14)16(21-4)13-9-22-10-15(13)19/h5-8,15H,9-11H2,1-4H3/t15-,19+/m0/s1. The van der Waals surface area contributed by atoms with Gasteiger partial charge in [-0.3, -0.25) is 0 Å². The summed E-state index contributed by atoms with van der Waals surface area (Å²) >= 11 is 0. The number of hydrogen-bond donors (Lipinski definition) is 0. The van der Waals surface area contributed by atoms with Crippen LogP contribution in [-0.4, -0.2) is 38.4 Å². The van der Waals surface area contributed by atoms with Crippen LogP contribution in [0.25, 0.3) is 5.76 Å². The minimum absolute atomic E-state index is 0.168. The lowest BCUT2D eigenvalue weighted by Gasteiger charge is -2.40. The van der Waals surface area contributed by atoms with E-state index < -0.39 is 0 Å². The van der Waals surface area contributed by atoms with E-state index in [2.05, 4.69) is 45.0 Å². The fourth-order valence-corrected chi connectivity index (χ4v) is 4.08. The lowest BCUT2D eigenvalue weighted by Crippen LogP contribution is -2.44. The lowest BCUT2D eigenvalue weighted by molar-refractivity contribution is 0.170. The molecule has 4 heteroatoms. The molecule has 122 valence electrons. The predicted molar refractivity (Wildman–Crippen MR) is 89.5 cm³/mol. The molecule has 2 atom stereocenters. The summed E-state index contributed by atoms with van der Waals surface area (Å²) in [6, 6.07) is 8.41. The second kappa shape index (κ2) is 4.84. The van der Waals surface area contributed by atoms with E-state index in [4.69, 9.17) is 19.2 Å². The van der Waals surface area contributed by atoms with E-state index >= 15 is 0 Å². The summed E-state index contributed by atoms with van der Waals surface area (Å²) in [5.74, 6) is 2.00. The van der Waals surface area contributed by atoms with Crippen LogP contribution in [0.15, 0.2) is 34.8 Å². The highest BCUT2D eigenvalue weighted by Crippen LogP contribution is 2.51. The maximum Gasteiger partial charge on any atom is 0.195 e. The Hall–Kier alpha value is -1.81. The van der Waals surface area contributed by atoms with Crippen molar-refractivity contribution in [2.75, 3.05) is 26.9 Å². The minimum Gasteiger partial charge on any atom is -0.496 e. The van der Waals surface area contributed by atoms with Gasteiger partial charge in [-0.2, -0.15) is 0 Å². The molecule has 0 radical (unpaired) electrons. The monoisotopic (exact) mass is 313 g/mol. The van der Waals surface area contributed by atoms with Gasteiger partial charge in [0.1, 0.15) is 12.4 Å². The Labute approximate surface area is 137 Å². The first-order chi connectivity index (χ1) is 11.0. The summed E-state index contributed by atoms with van der Waals surface area (Å²) < 4.78 is 17.6. The molecule has 0 unspecified atom stereocenters. The van der Waals surface area contributed by atoms with Gasteiger partial charge in [0, 0.05) is 17.1 Å². The molecule has 2 heterocycles. The van der Waals surface area contributed by atoms with E-state index in [0.29, 0.717) is 19.8 Å². The van der Waals surface area contributed by atoms with Crippen LogP contribution in [0, 0.1) is 5.92 Å². The largest absolute Gasteiger partial charge is 0.496 e. The van der Waals surface area contributed by atoms with Crippen LogP contribution in [0.2, 0.25) is 0 Å². The number of nitrogens with zero attached hydrogens (tertiary/aromatic N) is 1. The van der Waals surface area contributed by atoms with Gasteiger partial charge in [0.15, 0.2) is 5.90 Å². The van der Waals surface area contributed by atoms with Crippen LogP contribution in [-0.2, 0) is 19.6 Å². The Morgan fingerprint density at radius 1 is 1.22 bits per heavy atom. The first kappa shape index (κ1) is 14.8. The summed E-state index contributed by atoms with van der Waals surface area (Å²) in [5, 5.41) is 0. The molecule has 4 nitrogen and oxygen atoms in total. The van der Waals surface area contributed by atoms with E-state index in [9.17, 15) is 0 Å². The molecule has 0 bridgehead atoms. The molecular formula is C19H23NO3. The van der Waals surface area contributed by atoms with Crippen LogP contribution >= 0.6 is 0 Å². The molecule has 1 saturated heterocycles. The maximum absolute atomic E-state index is 6.08. The van der Waals surface area contributed by atoms with Crippen molar-refractivity contribution in [3.8, 4) is 0 Å². The highest BCUT2D eigenvalue weighted by Gasteiger charge is 2.53. The predicted octanol–water partition coefficient (Wildman–Crippen LogP) is 3.17. The number of fused-ring (bicyclic) bond motifs is 2. The second-order valence-corrected chi connectivity index (χ2v) is 7.39. The number of ether oxygens (including phenoxy) is 3. The highest BCUT2D eigenvalue weighted by atomic mass is 16.5. The molecule has 0 spiro atoms. The van der Waals surface area contributed by atoms with Gasteiger partial charge >= 0.3 is 0 Å². The van der Waals surface area contributed by atoms with Gasteiger partial charge in [-0.05, 0) is 26.3 Å². The second-order valence-electron chi connectivity index (χ2n) is 7.39. The third-order valence-corrected chi connectivity index (χ3v) is 5.30. The van der Waals surface area contributed by atoms with E-state index in [0.717, 1.165) is 17.2 Å². The van der Waals surface area contributed by atoms with E-state index in [-0.39, 0.29) is 16.9 Å². The fourth-order valence-electron chi connectivity index (χ4n) is 4.08. The molecule has 0 saturated carbocycles. The number of hydrogen-bond acceptors (Lipinski definition) is 4. The van der Waals surface area contributed by atoms with Gasteiger partial charge < -0.3 is 14.2 Å². The average Bonchev–Trinajstić information content (AvgIpc) is 3.15. The van der Waals surface area contributed by atoms with Crippen LogP contribution < -0.4 is 0 Å². The van der Waals surface area contributed by atoms with Crippen LogP contribution in [0.1, 0.15) is 31.9 Å². The zero-order valence-corrected chi connectivity index (χ0v) is 14.2. The Morgan fingerprint density at radius 2 is 2.00 bits per heavy atom. The molecule has 1 fully saturated rings. The van der Waals surface area contributed by atoms with Crippen LogP contribution in [0.4, 0.5) is 0 Å². The lowest BCUT2D eigenvalue weighted by atomic mass is 9.64. The van der Waals surface area contributed by atoms with Gasteiger partial charge in [-0.1, -0.05) is 24.3 Å². The van der Waals surface area contributed by atoms with Crippen LogP contribution in [0.5, 0.6) is 0 Å². The SMILES string of the molecule is COC1=C2COC[C@@H]2[C@](C)(C2=NC(C)(C)CO2)c2ccccc21. The van der Waals surface area contributed by atoms with Crippen LogP contribution in [0.3, 0.4) is 0 Å². The number of rotatable bonds is 2. The number of methoxy groups -OCH3 is 1. The molecule has 1 aliphatic carbocycles. The number of aliphatic imine (C=N–C) groups is 1. The van der Waals surface area contributed by atoms with E-state index in [1.165, 1.54) is 11.1 Å². The zero-order chi connectivity index (χ0) is 16.2. The zero-order valence-electron chi connectivity index (χ0n) is 14.2. The van der Waals surface area contributed by atoms with Gasteiger partial charge in [-0.25, -0.2) is 4.99 Å². The number of benzene rings is 1. The smallest absolute Gasteiger partial charge is 0.195 e. The molecule has 2 aliphatic heterocycles. The molecule has 1 aromatic carbocycles. The maximum atomic E-state index is 6.08. The van der Waals surface area contributed by atoms with Crippen molar-refractivity contribution < 1.29 is 14.2 Å². The van der Waals surface area contributed by atoms with Gasteiger partial charge in [0.2, 0.25) is 0 Å². The van der Waals surface area contributed by atoms with Crippen molar-refractivity contribution in [3.05, 3.63) is 41.0 Å². The summed E-state index contributed by atoms with van der Waals surface area (Å²) in [6.45, 7) is 8.38. The molecule has 0 N–H and O–H groups in total. The van der Waals surface area contributed by atoms with Crippen molar-refractivity contribution in [3.63, 3.8) is 0 Å². The Kier molecular flexibility index (Phi) is 3.11. The van der Waals surface area contributed by atoms with Gasteiger partial charge in [0.25, 0.3) is 0 Å². The Bertz CT molecular complexity index is 719. The topological polar surface area (TPSA) is 40.0 Å².